The molecule has 0 aliphatic carbocycles. The third-order valence-corrected chi connectivity index (χ3v) is 3.74. The van der Waals surface area contributed by atoms with Gasteiger partial charge >= 0.3 is 0 Å². The number of ether oxygens (including phenoxy) is 1. The van der Waals surface area contributed by atoms with E-state index in [4.69, 9.17) is 4.74 Å². The lowest BCUT2D eigenvalue weighted by Gasteiger charge is -2.28. The molecule has 2 aromatic rings. The zero-order chi connectivity index (χ0) is 15.2. The monoisotopic (exact) mass is 298 g/mol. The molecule has 3 rings (SSSR count). The van der Waals surface area contributed by atoms with Gasteiger partial charge < -0.3 is 15.0 Å². The molecule has 0 bridgehead atoms. The van der Waals surface area contributed by atoms with E-state index in [1.807, 2.05) is 12.4 Å². The molecule has 1 aromatic heterocycles. The van der Waals surface area contributed by atoms with Crippen LogP contribution in [0.1, 0.15) is 18.9 Å². The minimum atomic E-state index is 0.638. The molecule has 0 amide bonds. The third-order valence-electron chi connectivity index (χ3n) is 3.74. The van der Waals surface area contributed by atoms with Gasteiger partial charge in [0.25, 0.3) is 0 Å². The molecule has 0 spiro atoms. The lowest BCUT2D eigenvalue weighted by atomic mass is 10.2. The minimum absolute atomic E-state index is 0.638. The van der Waals surface area contributed by atoms with E-state index in [1.165, 1.54) is 11.3 Å². The van der Waals surface area contributed by atoms with Crippen molar-refractivity contribution in [1.29, 1.82) is 0 Å². The maximum absolute atomic E-state index is 5.38. The van der Waals surface area contributed by atoms with Crippen molar-refractivity contribution in [3.63, 3.8) is 0 Å². The third kappa shape index (κ3) is 3.74. The van der Waals surface area contributed by atoms with Crippen LogP contribution in [0.25, 0.3) is 0 Å². The molecule has 2 heterocycles. The van der Waals surface area contributed by atoms with E-state index in [9.17, 15) is 0 Å². The molecule has 1 aliphatic rings. The fourth-order valence-electron chi connectivity index (χ4n) is 2.54. The summed E-state index contributed by atoms with van der Waals surface area (Å²) in [5.74, 6) is 0.638. The Morgan fingerprint density at radius 3 is 2.41 bits per heavy atom. The van der Waals surface area contributed by atoms with Crippen LogP contribution in [0.5, 0.6) is 0 Å². The van der Waals surface area contributed by atoms with E-state index in [1.54, 1.807) is 0 Å². The van der Waals surface area contributed by atoms with Crippen LogP contribution in [0.4, 0.5) is 17.3 Å². The van der Waals surface area contributed by atoms with Crippen LogP contribution in [0.15, 0.2) is 36.7 Å². The van der Waals surface area contributed by atoms with Gasteiger partial charge in [0.05, 0.1) is 13.2 Å². The van der Waals surface area contributed by atoms with Gasteiger partial charge in [-0.3, -0.25) is 0 Å². The summed E-state index contributed by atoms with van der Waals surface area (Å²) in [6.07, 6.45) is 5.91. The average molecular weight is 298 g/mol. The molecule has 1 saturated heterocycles. The van der Waals surface area contributed by atoms with Crippen molar-refractivity contribution in [3.05, 3.63) is 42.2 Å². The molecule has 1 fully saturated rings. The van der Waals surface area contributed by atoms with E-state index < -0.39 is 0 Å². The molecular formula is C17H22N4O. The summed E-state index contributed by atoms with van der Waals surface area (Å²) in [4.78, 5) is 11.0. The number of anilines is 3. The highest BCUT2D eigenvalue weighted by molar-refractivity contribution is 5.59. The van der Waals surface area contributed by atoms with Gasteiger partial charge in [-0.15, -0.1) is 0 Å². The Balaban J connectivity index is 1.62. The average Bonchev–Trinajstić information content (AvgIpc) is 2.58. The van der Waals surface area contributed by atoms with E-state index in [-0.39, 0.29) is 0 Å². The van der Waals surface area contributed by atoms with Crippen LogP contribution in [0.3, 0.4) is 0 Å². The molecule has 5 heteroatoms. The first-order chi connectivity index (χ1) is 10.8. The first-order valence-electron chi connectivity index (χ1n) is 7.86. The SMILES string of the molecule is CCCc1cnc(Nc2ccc(N3CCOCC3)cc2)nc1. The van der Waals surface area contributed by atoms with Gasteiger partial charge in [-0.1, -0.05) is 13.3 Å². The fraction of sp³-hybridized carbons (Fsp3) is 0.412. The number of benzene rings is 1. The highest BCUT2D eigenvalue weighted by atomic mass is 16.5. The topological polar surface area (TPSA) is 50.3 Å². The Labute approximate surface area is 131 Å². The lowest BCUT2D eigenvalue weighted by Crippen LogP contribution is -2.36. The number of aromatic nitrogens is 2. The molecular weight excluding hydrogens is 276 g/mol. The number of hydrogen-bond acceptors (Lipinski definition) is 5. The van der Waals surface area contributed by atoms with Crippen LogP contribution in [-0.4, -0.2) is 36.3 Å². The normalized spacial score (nSPS) is 14.9. The summed E-state index contributed by atoms with van der Waals surface area (Å²) in [6, 6.07) is 8.38. The van der Waals surface area contributed by atoms with Gasteiger partial charge in [0.2, 0.25) is 5.95 Å². The predicted molar refractivity (Wildman–Crippen MR) is 88.8 cm³/mol. The maximum atomic E-state index is 5.38. The second-order valence-corrected chi connectivity index (χ2v) is 5.44. The van der Waals surface area contributed by atoms with Gasteiger partial charge in [0.15, 0.2) is 0 Å². The maximum Gasteiger partial charge on any atom is 0.227 e. The zero-order valence-electron chi connectivity index (χ0n) is 13.0. The summed E-state index contributed by atoms with van der Waals surface area (Å²) < 4.78 is 5.38. The molecule has 0 saturated carbocycles. The first-order valence-corrected chi connectivity index (χ1v) is 7.86. The number of aryl methyl sites for hydroxylation is 1. The van der Waals surface area contributed by atoms with Gasteiger partial charge in [0, 0.05) is 36.9 Å². The van der Waals surface area contributed by atoms with Gasteiger partial charge in [-0.2, -0.15) is 0 Å². The zero-order valence-corrected chi connectivity index (χ0v) is 13.0. The van der Waals surface area contributed by atoms with Crippen molar-refractivity contribution in [1.82, 2.24) is 9.97 Å². The largest absolute Gasteiger partial charge is 0.378 e. The number of hydrogen-bond donors (Lipinski definition) is 1. The smallest absolute Gasteiger partial charge is 0.227 e. The highest BCUT2D eigenvalue weighted by Gasteiger charge is 2.10. The van der Waals surface area contributed by atoms with Crippen molar-refractivity contribution < 1.29 is 4.74 Å². The van der Waals surface area contributed by atoms with E-state index in [0.717, 1.165) is 44.8 Å². The molecule has 1 aromatic carbocycles. The summed E-state index contributed by atoms with van der Waals surface area (Å²) in [5.41, 5.74) is 3.41. The fourth-order valence-corrected chi connectivity index (χ4v) is 2.54. The summed E-state index contributed by atoms with van der Waals surface area (Å²) in [5, 5.41) is 3.24. The number of nitrogens with zero attached hydrogens (tertiary/aromatic N) is 3. The Morgan fingerprint density at radius 2 is 1.77 bits per heavy atom. The molecule has 1 N–H and O–H groups in total. The van der Waals surface area contributed by atoms with Crippen molar-refractivity contribution in [2.45, 2.75) is 19.8 Å². The second-order valence-electron chi connectivity index (χ2n) is 5.44. The quantitative estimate of drug-likeness (QED) is 0.919. The molecule has 0 radical (unpaired) electrons. The van der Waals surface area contributed by atoms with Crippen molar-refractivity contribution in [2.24, 2.45) is 0 Å². The molecule has 22 heavy (non-hydrogen) atoms. The number of nitrogens with one attached hydrogen (secondary N) is 1. The Kier molecular flexibility index (Phi) is 4.85. The lowest BCUT2D eigenvalue weighted by molar-refractivity contribution is 0.122. The molecule has 116 valence electrons. The highest BCUT2D eigenvalue weighted by Crippen LogP contribution is 2.20. The Bertz CT molecular complexity index is 577. The van der Waals surface area contributed by atoms with Crippen LogP contribution in [0, 0.1) is 0 Å². The van der Waals surface area contributed by atoms with Crippen molar-refractivity contribution >= 4 is 17.3 Å². The van der Waals surface area contributed by atoms with Crippen LogP contribution < -0.4 is 10.2 Å². The predicted octanol–water partition coefficient (Wildman–Crippen LogP) is 3.01. The molecule has 1 aliphatic heterocycles. The van der Waals surface area contributed by atoms with Crippen molar-refractivity contribution in [3.8, 4) is 0 Å². The summed E-state index contributed by atoms with van der Waals surface area (Å²) in [6.45, 7) is 5.67. The first kappa shape index (κ1) is 14.8. The minimum Gasteiger partial charge on any atom is -0.378 e. The van der Waals surface area contributed by atoms with Gasteiger partial charge in [0.1, 0.15) is 0 Å². The number of rotatable bonds is 5. The van der Waals surface area contributed by atoms with Crippen molar-refractivity contribution in [2.75, 3.05) is 36.5 Å². The second kappa shape index (κ2) is 7.22. The summed E-state index contributed by atoms with van der Waals surface area (Å²) >= 11 is 0. The van der Waals surface area contributed by atoms with Crippen LogP contribution >= 0.6 is 0 Å². The molecule has 0 unspecified atom stereocenters. The molecule has 0 atom stereocenters. The van der Waals surface area contributed by atoms with E-state index >= 15 is 0 Å². The Morgan fingerprint density at radius 1 is 1.09 bits per heavy atom. The van der Waals surface area contributed by atoms with Crippen LogP contribution in [-0.2, 0) is 11.2 Å². The van der Waals surface area contributed by atoms with E-state index in [2.05, 4.69) is 51.4 Å². The Hall–Kier alpha value is -2.14. The summed E-state index contributed by atoms with van der Waals surface area (Å²) in [7, 11) is 0. The number of morpholine rings is 1. The standard InChI is InChI=1S/C17H22N4O/c1-2-3-14-12-18-17(19-13-14)20-15-4-6-16(7-5-15)21-8-10-22-11-9-21/h4-7,12-13H,2-3,8-11H2,1H3,(H,18,19,20). The van der Waals surface area contributed by atoms with Crippen LogP contribution in [0.2, 0.25) is 0 Å². The van der Waals surface area contributed by atoms with Gasteiger partial charge in [-0.25, -0.2) is 9.97 Å². The van der Waals surface area contributed by atoms with Gasteiger partial charge in [-0.05, 0) is 36.2 Å². The molecule has 5 nitrogen and oxygen atoms in total. The van der Waals surface area contributed by atoms with E-state index in [0.29, 0.717) is 5.95 Å².